The molecular weight excluding hydrogens is 232 g/mol. The average Bonchev–Trinajstić information content (AvgIpc) is 2.76. The maximum absolute atomic E-state index is 4.25. The van der Waals surface area contributed by atoms with Crippen molar-refractivity contribution in [3.63, 3.8) is 0 Å². The highest BCUT2D eigenvalue weighted by Gasteiger charge is 2.14. The normalized spacial score (nSPS) is 12.6. The first-order valence-corrected chi connectivity index (χ1v) is 6.39. The van der Waals surface area contributed by atoms with Crippen LogP contribution in [0.5, 0.6) is 0 Å². The van der Waals surface area contributed by atoms with Crippen molar-refractivity contribution in [2.24, 2.45) is 7.05 Å². The third-order valence-corrected chi connectivity index (χ3v) is 3.78. The number of nitrogens with zero attached hydrogens (tertiary/aromatic N) is 3. The van der Waals surface area contributed by atoms with Gasteiger partial charge in [-0.25, -0.2) is 9.67 Å². The minimum atomic E-state index is 0.351. The van der Waals surface area contributed by atoms with E-state index in [0.717, 1.165) is 11.7 Å². The highest BCUT2D eigenvalue weighted by Crippen LogP contribution is 2.32. The Kier molecular flexibility index (Phi) is 4.17. The van der Waals surface area contributed by atoms with Crippen LogP contribution in [0.25, 0.3) is 0 Å². The summed E-state index contributed by atoms with van der Waals surface area (Å²) >= 11 is 1.73. The van der Waals surface area contributed by atoms with E-state index in [0.29, 0.717) is 5.25 Å². The fourth-order valence-corrected chi connectivity index (χ4v) is 2.71. The second-order valence-corrected chi connectivity index (χ2v) is 4.91. The largest absolute Gasteiger partial charge is 0.318 e. The maximum atomic E-state index is 4.25. The van der Waals surface area contributed by atoms with Gasteiger partial charge in [0.25, 0.3) is 0 Å². The minimum absolute atomic E-state index is 0.351. The van der Waals surface area contributed by atoms with Crippen LogP contribution in [0, 0.1) is 0 Å². The number of nitrogens with one attached hydrogen (secondary N) is 1. The van der Waals surface area contributed by atoms with Crippen molar-refractivity contribution in [1.29, 1.82) is 0 Å². The molecular formula is C12H16N4S. The van der Waals surface area contributed by atoms with E-state index in [9.17, 15) is 0 Å². The number of hydrogen-bond acceptors (Lipinski definition) is 4. The molecule has 2 aromatic rings. The van der Waals surface area contributed by atoms with E-state index in [1.165, 1.54) is 5.56 Å². The molecule has 5 heteroatoms. The number of likely N-dealkylation sites (N-methyl/N-ethyl adjacent to an activating group) is 1. The van der Waals surface area contributed by atoms with Gasteiger partial charge < -0.3 is 5.32 Å². The summed E-state index contributed by atoms with van der Waals surface area (Å²) in [4.78, 5) is 4.25. The van der Waals surface area contributed by atoms with Crippen molar-refractivity contribution >= 4 is 11.8 Å². The molecule has 90 valence electrons. The summed E-state index contributed by atoms with van der Waals surface area (Å²) in [5, 5.41) is 8.60. The fourth-order valence-electron chi connectivity index (χ4n) is 1.60. The van der Waals surface area contributed by atoms with Crippen LogP contribution in [0.15, 0.2) is 41.8 Å². The van der Waals surface area contributed by atoms with E-state index in [1.807, 2.05) is 20.2 Å². The third-order valence-electron chi connectivity index (χ3n) is 2.48. The smallest absolute Gasteiger partial charge is 0.186 e. The van der Waals surface area contributed by atoms with Crippen LogP contribution in [-0.2, 0) is 7.05 Å². The highest BCUT2D eigenvalue weighted by atomic mass is 32.2. The van der Waals surface area contributed by atoms with E-state index in [2.05, 4.69) is 39.7 Å². The van der Waals surface area contributed by atoms with Crippen molar-refractivity contribution < 1.29 is 0 Å². The Labute approximate surface area is 105 Å². The molecule has 0 aliphatic heterocycles. The molecule has 0 saturated carbocycles. The quantitative estimate of drug-likeness (QED) is 0.820. The standard InChI is InChI=1S/C12H16N4S/c1-13-8-11(10-6-4-3-5-7-10)17-12-14-9-15-16(12)2/h3-7,9,11,13H,8H2,1-2H3. The van der Waals surface area contributed by atoms with Gasteiger partial charge in [-0.2, -0.15) is 5.10 Å². The number of hydrogen-bond donors (Lipinski definition) is 1. The molecule has 2 rings (SSSR count). The lowest BCUT2D eigenvalue weighted by Gasteiger charge is -2.15. The summed E-state index contributed by atoms with van der Waals surface area (Å²) in [5.74, 6) is 0. The third kappa shape index (κ3) is 3.08. The van der Waals surface area contributed by atoms with E-state index in [4.69, 9.17) is 0 Å². The maximum Gasteiger partial charge on any atom is 0.186 e. The molecule has 1 atom stereocenters. The molecule has 4 nitrogen and oxygen atoms in total. The van der Waals surface area contributed by atoms with E-state index < -0.39 is 0 Å². The fraction of sp³-hybridized carbons (Fsp3) is 0.333. The highest BCUT2D eigenvalue weighted by molar-refractivity contribution is 7.99. The van der Waals surface area contributed by atoms with Gasteiger partial charge >= 0.3 is 0 Å². The van der Waals surface area contributed by atoms with Gasteiger partial charge in [0.1, 0.15) is 6.33 Å². The van der Waals surface area contributed by atoms with Crippen molar-refractivity contribution in [3.8, 4) is 0 Å². The molecule has 0 bridgehead atoms. The van der Waals surface area contributed by atoms with E-state index in [-0.39, 0.29) is 0 Å². The molecule has 0 aliphatic carbocycles. The molecule has 0 fully saturated rings. The summed E-state index contributed by atoms with van der Waals surface area (Å²) < 4.78 is 1.80. The Balaban J connectivity index is 2.16. The second-order valence-electron chi connectivity index (χ2n) is 3.74. The Morgan fingerprint density at radius 3 is 2.71 bits per heavy atom. The number of aryl methyl sites for hydroxylation is 1. The van der Waals surface area contributed by atoms with E-state index >= 15 is 0 Å². The van der Waals surface area contributed by atoms with Crippen LogP contribution >= 0.6 is 11.8 Å². The van der Waals surface area contributed by atoms with Crippen molar-refractivity contribution in [1.82, 2.24) is 20.1 Å². The summed E-state index contributed by atoms with van der Waals surface area (Å²) in [7, 11) is 3.88. The minimum Gasteiger partial charge on any atom is -0.318 e. The van der Waals surface area contributed by atoms with Crippen LogP contribution < -0.4 is 5.32 Å². The lowest BCUT2D eigenvalue weighted by atomic mass is 10.1. The van der Waals surface area contributed by atoms with Gasteiger partial charge in [0, 0.05) is 18.8 Å². The van der Waals surface area contributed by atoms with Crippen molar-refractivity contribution in [2.45, 2.75) is 10.4 Å². The zero-order valence-electron chi connectivity index (χ0n) is 10.00. The zero-order valence-corrected chi connectivity index (χ0v) is 10.8. The zero-order chi connectivity index (χ0) is 12.1. The van der Waals surface area contributed by atoms with Gasteiger partial charge in [0.05, 0.1) is 0 Å². The lowest BCUT2D eigenvalue weighted by Crippen LogP contribution is -2.15. The molecule has 1 unspecified atom stereocenters. The van der Waals surface area contributed by atoms with Crippen LogP contribution in [0.2, 0.25) is 0 Å². The molecule has 1 aromatic heterocycles. The van der Waals surface area contributed by atoms with Gasteiger partial charge in [0.15, 0.2) is 5.16 Å². The Hall–Kier alpha value is -1.33. The average molecular weight is 248 g/mol. The second kappa shape index (κ2) is 5.84. The number of benzene rings is 1. The van der Waals surface area contributed by atoms with Gasteiger partial charge in [0.2, 0.25) is 0 Å². The molecule has 1 heterocycles. The monoisotopic (exact) mass is 248 g/mol. The molecule has 0 aliphatic rings. The molecule has 0 spiro atoms. The molecule has 0 amide bonds. The van der Waals surface area contributed by atoms with Gasteiger partial charge in [-0.05, 0) is 12.6 Å². The predicted molar refractivity (Wildman–Crippen MR) is 70.0 cm³/mol. The van der Waals surface area contributed by atoms with Crippen LogP contribution in [0.1, 0.15) is 10.8 Å². The van der Waals surface area contributed by atoms with Crippen LogP contribution in [0.3, 0.4) is 0 Å². The Bertz CT molecular complexity index is 455. The molecule has 1 aromatic carbocycles. The first-order valence-electron chi connectivity index (χ1n) is 5.51. The summed E-state index contributed by atoms with van der Waals surface area (Å²) in [6.45, 7) is 0.904. The Morgan fingerprint density at radius 1 is 1.35 bits per heavy atom. The molecule has 1 N–H and O–H groups in total. The predicted octanol–water partition coefficient (Wildman–Crippen LogP) is 1.87. The number of aromatic nitrogens is 3. The SMILES string of the molecule is CNCC(Sc1ncnn1C)c1ccccc1. The summed E-state index contributed by atoms with van der Waals surface area (Å²) in [6, 6.07) is 10.5. The molecule has 17 heavy (non-hydrogen) atoms. The Morgan fingerprint density at radius 2 is 2.12 bits per heavy atom. The lowest BCUT2D eigenvalue weighted by molar-refractivity contribution is 0.680. The van der Waals surface area contributed by atoms with Gasteiger partial charge in [-0.15, -0.1) is 0 Å². The number of thioether (sulfide) groups is 1. The summed E-state index contributed by atoms with van der Waals surface area (Å²) in [6.07, 6.45) is 1.59. The van der Waals surface area contributed by atoms with Crippen molar-refractivity contribution in [3.05, 3.63) is 42.2 Å². The van der Waals surface area contributed by atoms with Crippen molar-refractivity contribution in [2.75, 3.05) is 13.6 Å². The first kappa shape index (κ1) is 12.1. The molecule has 0 saturated heterocycles. The number of rotatable bonds is 5. The summed E-state index contributed by atoms with van der Waals surface area (Å²) in [5.41, 5.74) is 1.30. The van der Waals surface area contributed by atoms with Crippen LogP contribution in [-0.4, -0.2) is 28.4 Å². The molecule has 0 radical (unpaired) electrons. The van der Waals surface area contributed by atoms with Gasteiger partial charge in [-0.1, -0.05) is 42.1 Å². The van der Waals surface area contributed by atoms with E-state index in [1.54, 1.807) is 22.8 Å². The topological polar surface area (TPSA) is 42.7 Å². The van der Waals surface area contributed by atoms with Gasteiger partial charge in [-0.3, -0.25) is 0 Å². The van der Waals surface area contributed by atoms with Crippen LogP contribution in [0.4, 0.5) is 0 Å². The first-order chi connectivity index (χ1) is 8.31.